The Morgan fingerprint density at radius 1 is 1.50 bits per heavy atom. The molecule has 0 bridgehead atoms. The molecule has 1 fully saturated rings. The van der Waals surface area contributed by atoms with Crippen molar-refractivity contribution in [3.63, 3.8) is 0 Å². The third-order valence-corrected chi connectivity index (χ3v) is 2.96. The third kappa shape index (κ3) is 3.43. The van der Waals surface area contributed by atoms with E-state index in [0.29, 0.717) is 19.8 Å². The molecule has 1 amide bonds. The lowest BCUT2D eigenvalue weighted by molar-refractivity contribution is -0.126. The van der Waals surface area contributed by atoms with Crippen LogP contribution in [0.4, 0.5) is 0 Å². The fraction of sp³-hybridized carbons (Fsp3) is 0.909. The molecule has 1 aliphatic rings. The van der Waals surface area contributed by atoms with E-state index in [0.717, 1.165) is 0 Å². The van der Waals surface area contributed by atoms with E-state index >= 15 is 0 Å². The molecule has 3 N–H and O–H groups in total. The molecule has 0 radical (unpaired) electrons. The molecule has 5 heteroatoms. The van der Waals surface area contributed by atoms with E-state index in [1.54, 1.807) is 0 Å². The summed E-state index contributed by atoms with van der Waals surface area (Å²) in [6.45, 7) is 5.41. The number of carbonyl (C=O) groups is 1. The van der Waals surface area contributed by atoms with E-state index in [1.807, 2.05) is 20.9 Å². The van der Waals surface area contributed by atoms with Crippen LogP contribution in [0.15, 0.2) is 0 Å². The highest BCUT2D eigenvalue weighted by atomic mass is 16.5. The molecule has 5 nitrogen and oxygen atoms in total. The molecule has 1 saturated heterocycles. The van der Waals surface area contributed by atoms with Crippen LogP contribution in [0.5, 0.6) is 0 Å². The van der Waals surface area contributed by atoms with Crippen LogP contribution in [0, 0.1) is 11.3 Å². The van der Waals surface area contributed by atoms with Crippen molar-refractivity contribution >= 4 is 5.91 Å². The predicted octanol–water partition coefficient (Wildman–Crippen LogP) is -0.644. The van der Waals surface area contributed by atoms with E-state index in [9.17, 15) is 4.79 Å². The number of carbonyl (C=O) groups excluding carboxylic acids is 1. The van der Waals surface area contributed by atoms with E-state index < -0.39 is 0 Å². The second kappa shape index (κ2) is 5.61. The zero-order chi connectivity index (χ0) is 12.2. The van der Waals surface area contributed by atoms with Crippen molar-refractivity contribution in [2.45, 2.75) is 19.9 Å². The Kier molecular flexibility index (Phi) is 4.70. The van der Waals surface area contributed by atoms with Crippen molar-refractivity contribution in [2.24, 2.45) is 11.3 Å². The summed E-state index contributed by atoms with van der Waals surface area (Å²) in [6.07, 6.45) is 0. The van der Waals surface area contributed by atoms with Gasteiger partial charge in [0.1, 0.15) is 0 Å². The van der Waals surface area contributed by atoms with Crippen molar-refractivity contribution in [3.8, 4) is 0 Å². The van der Waals surface area contributed by atoms with Gasteiger partial charge < -0.3 is 20.5 Å². The van der Waals surface area contributed by atoms with Crippen molar-refractivity contribution in [1.82, 2.24) is 10.6 Å². The van der Waals surface area contributed by atoms with Crippen LogP contribution in [0.3, 0.4) is 0 Å². The quantitative estimate of drug-likeness (QED) is 0.587. The molecular weight excluding hydrogens is 208 g/mol. The van der Waals surface area contributed by atoms with Crippen LogP contribution in [-0.2, 0) is 9.53 Å². The van der Waals surface area contributed by atoms with Gasteiger partial charge in [-0.15, -0.1) is 0 Å². The monoisotopic (exact) mass is 230 g/mol. The van der Waals surface area contributed by atoms with E-state index in [1.165, 1.54) is 0 Å². The van der Waals surface area contributed by atoms with Gasteiger partial charge in [0.15, 0.2) is 0 Å². The maximum Gasteiger partial charge on any atom is 0.227 e. The number of likely N-dealkylation sites (N-methyl/N-ethyl adjacent to an activating group) is 1. The summed E-state index contributed by atoms with van der Waals surface area (Å²) in [5.41, 5.74) is -0.274. The molecule has 94 valence electrons. The van der Waals surface area contributed by atoms with E-state index in [4.69, 9.17) is 9.84 Å². The SMILES string of the molecule is CNC1COCC1C(=O)NCC(C)(C)CO. The van der Waals surface area contributed by atoms with Crippen LogP contribution in [-0.4, -0.2) is 50.5 Å². The first-order valence-corrected chi connectivity index (χ1v) is 5.64. The van der Waals surface area contributed by atoms with Crippen molar-refractivity contribution in [1.29, 1.82) is 0 Å². The molecule has 0 aromatic rings. The molecule has 1 aliphatic heterocycles. The number of nitrogens with one attached hydrogen (secondary N) is 2. The minimum absolute atomic E-state index is 0.00150. The summed E-state index contributed by atoms with van der Waals surface area (Å²) in [4.78, 5) is 11.9. The maximum atomic E-state index is 11.9. The first-order valence-electron chi connectivity index (χ1n) is 5.64. The summed E-state index contributed by atoms with van der Waals surface area (Å²) in [6, 6.07) is 0.0947. The standard InChI is InChI=1S/C11H22N2O3/c1-11(2,7-14)6-13-10(15)8-4-16-5-9(8)12-3/h8-9,12,14H,4-7H2,1-3H3,(H,13,15). The van der Waals surface area contributed by atoms with E-state index in [2.05, 4.69) is 10.6 Å². The lowest BCUT2D eigenvalue weighted by atomic mass is 9.94. The lowest BCUT2D eigenvalue weighted by Crippen LogP contribution is -2.45. The molecule has 2 unspecified atom stereocenters. The van der Waals surface area contributed by atoms with Gasteiger partial charge in [0.25, 0.3) is 0 Å². The number of ether oxygens (including phenoxy) is 1. The average molecular weight is 230 g/mol. The largest absolute Gasteiger partial charge is 0.396 e. The minimum Gasteiger partial charge on any atom is -0.396 e. The highest BCUT2D eigenvalue weighted by Gasteiger charge is 2.33. The molecule has 0 aromatic heterocycles. The number of aliphatic hydroxyl groups excluding tert-OH is 1. The topological polar surface area (TPSA) is 70.6 Å². The van der Waals surface area contributed by atoms with E-state index in [-0.39, 0.29) is 29.9 Å². The van der Waals surface area contributed by atoms with Crippen LogP contribution in [0.25, 0.3) is 0 Å². The van der Waals surface area contributed by atoms with Gasteiger partial charge in [-0.1, -0.05) is 13.8 Å². The van der Waals surface area contributed by atoms with Gasteiger partial charge in [0.2, 0.25) is 5.91 Å². The van der Waals surface area contributed by atoms with Crippen LogP contribution >= 0.6 is 0 Å². The minimum atomic E-state index is -0.274. The molecule has 0 saturated carbocycles. The molecule has 0 aromatic carbocycles. The third-order valence-electron chi connectivity index (χ3n) is 2.96. The Morgan fingerprint density at radius 3 is 2.75 bits per heavy atom. The Labute approximate surface area is 96.6 Å². The Hall–Kier alpha value is -0.650. The van der Waals surface area contributed by atoms with Gasteiger partial charge in [-0.2, -0.15) is 0 Å². The molecule has 0 aliphatic carbocycles. The fourth-order valence-electron chi connectivity index (χ4n) is 1.61. The maximum absolute atomic E-state index is 11.9. The summed E-state index contributed by atoms with van der Waals surface area (Å²) in [5, 5.41) is 15.0. The summed E-state index contributed by atoms with van der Waals surface area (Å²) < 4.78 is 5.27. The number of hydrogen-bond donors (Lipinski definition) is 3. The van der Waals surface area contributed by atoms with Crippen LogP contribution in [0.2, 0.25) is 0 Å². The predicted molar refractivity (Wildman–Crippen MR) is 61.0 cm³/mol. The number of amides is 1. The lowest BCUT2D eigenvalue weighted by Gasteiger charge is -2.24. The number of aliphatic hydroxyl groups is 1. The molecule has 0 spiro atoms. The van der Waals surface area contributed by atoms with Crippen LogP contribution in [0.1, 0.15) is 13.8 Å². The molecule has 2 atom stereocenters. The smallest absolute Gasteiger partial charge is 0.227 e. The molecular formula is C11H22N2O3. The first kappa shape index (κ1) is 13.4. The molecule has 16 heavy (non-hydrogen) atoms. The van der Waals surface area contributed by atoms with Gasteiger partial charge in [-0.05, 0) is 7.05 Å². The van der Waals surface area contributed by atoms with Gasteiger partial charge in [0.05, 0.1) is 19.1 Å². The first-order chi connectivity index (χ1) is 7.50. The second-order valence-electron chi connectivity index (χ2n) is 5.08. The number of hydrogen-bond acceptors (Lipinski definition) is 4. The second-order valence-corrected chi connectivity index (χ2v) is 5.08. The summed E-state index contributed by atoms with van der Waals surface area (Å²) in [7, 11) is 1.83. The zero-order valence-electron chi connectivity index (χ0n) is 10.2. The van der Waals surface area contributed by atoms with Gasteiger partial charge in [-0.25, -0.2) is 0 Å². The highest BCUT2D eigenvalue weighted by molar-refractivity contribution is 5.79. The average Bonchev–Trinajstić information content (AvgIpc) is 2.74. The van der Waals surface area contributed by atoms with Crippen molar-refractivity contribution in [2.75, 3.05) is 33.4 Å². The summed E-state index contributed by atoms with van der Waals surface area (Å²) in [5.74, 6) is -0.127. The molecule has 1 heterocycles. The highest BCUT2D eigenvalue weighted by Crippen LogP contribution is 2.15. The van der Waals surface area contributed by atoms with Crippen LogP contribution < -0.4 is 10.6 Å². The van der Waals surface area contributed by atoms with Crippen molar-refractivity contribution in [3.05, 3.63) is 0 Å². The van der Waals surface area contributed by atoms with Gasteiger partial charge >= 0.3 is 0 Å². The zero-order valence-corrected chi connectivity index (χ0v) is 10.2. The Bertz CT molecular complexity index is 243. The van der Waals surface area contributed by atoms with Crippen molar-refractivity contribution < 1.29 is 14.6 Å². The number of rotatable bonds is 5. The summed E-state index contributed by atoms with van der Waals surface area (Å²) >= 11 is 0. The fourth-order valence-corrected chi connectivity index (χ4v) is 1.61. The normalized spacial score (nSPS) is 25.8. The Morgan fingerprint density at radius 2 is 2.19 bits per heavy atom. The van der Waals surface area contributed by atoms with Gasteiger partial charge in [-0.3, -0.25) is 4.79 Å². The molecule has 1 rings (SSSR count). The van der Waals surface area contributed by atoms with Gasteiger partial charge in [0, 0.05) is 24.6 Å². The Balaban J connectivity index is 2.40.